The van der Waals surface area contributed by atoms with Crippen molar-refractivity contribution >= 4 is 17.6 Å². The van der Waals surface area contributed by atoms with Crippen LogP contribution in [0.3, 0.4) is 0 Å². The molecule has 6 heteroatoms. The van der Waals surface area contributed by atoms with Crippen LogP contribution in [0.2, 0.25) is 0 Å². The molecule has 0 aromatic heterocycles. The van der Waals surface area contributed by atoms with Gasteiger partial charge in [0, 0.05) is 57.1 Å². The van der Waals surface area contributed by atoms with Crippen molar-refractivity contribution in [3.05, 3.63) is 29.8 Å². The molecule has 2 rings (SSSR count). The van der Waals surface area contributed by atoms with E-state index in [2.05, 4.69) is 23.6 Å². The fourth-order valence-electron chi connectivity index (χ4n) is 2.90. The zero-order chi connectivity index (χ0) is 17.7. The summed E-state index contributed by atoms with van der Waals surface area (Å²) in [6.07, 6.45) is -0.0412. The molecular formula is C18H27N3O3. The van der Waals surface area contributed by atoms with Gasteiger partial charge in [0.1, 0.15) is 0 Å². The molecule has 0 spiro atoms. The summed E-state index contributed by atoms with van der Waals surface area (Å²) < 4.78 is 0. The summed E-state index contributed by atoms with van der Waals surface area (Å²) in [7, 11) is 1.63. The molecule has 1 N–H and O–H groups in total. The van der Waals surface area contributed by atoms with Crippen LogP contribution in [0.25, 0.3) is 0 Å². The Labute approximate surface area is 143 Å². The summed E-state index contributed by atoms with van der Waals surface area (Å²) in [6, 6.07) is 8.17. The largest absolute Gasteiger partial charge is 0.481 e. The van der Waals surface area contributed by atoms with Gasteiger partial charge in [-0.05, 0) is 38.1 Å². The molecule has 1 fully saturated rings. The number of carbonyl (C=O) groups excluding carboxylic acids is 1. The molecule has 0 aliphatic carbocycles. The molecule has 1 aliphatic rings. The van der Waals surface area contributed by atoms with Crippen LogP contribution >= 0.6 is 0 Å². The molecule has 1 aromatic rings. The smallest absolute Gasteiger partial charge is 0.305 e. The third-order valence-electron chi connectivity index (χ3n) is 4.53. The number of hydrogen-bond acceptors (Lipinski definition) is 4. The maximum atomic E-state index is 12.3. The van der Waals surface area contributed by atoms with Crippen LogP contribution in [-0.2, 0) is 4.79 Å². The topological polar surface area (TPSA) is 64.1 Å². The fourth-order valence-corrected chi connectivity index (χ4v) is 2.90. The Morgan fingerprint density at radius 3 is 2.21 bits per heavy atom. The molecule has 6 nitrogen and oxygen atoms in total. The van der Waals surface area contributed by atoms with Gasteiger partial charge in [-0.15, -0.1) is 0 Å². The van der Waals surface area contributed by atoms with E-state index in [1.165, 1.54) is 4.90 Å². The predicted octanol–water partition coefficient (Wildman–Crippen LogP) is 1.76. The lowest BCUT2D eigenvalue weighted by Crippen LogP contribution is -2.48. The number of carbonyl (C=O) groups is 2. The lowest BCUT2D eigenvalue weighted by Gasteiger charge is -2.38. The average Bonchev–Trinajstić information content (AvgIpc) is 2.59. The molecule has 1 heterocycles. The van der Waals surface area contributed by atoms with Crippen LogP contribution < -0.4 is 4.90 Å². The van der Waals surface area contributed by atoms with Gasteiger partial charge in [0.05, 0.1) is 6.42 Å². The van der Waals surface area contributed by atoms with Crippen LogP contribution in [0.15, 0.2) is 24.3 Å². The van der Waals surface area contributed by atoms with Gasteiger partial charge in [0.2, 0.25) is 0 Å². The van der Waals surface area contributed by atoms with Crippen LogP contribution in [0.5, 0.6) is 0 Å². The Balaban J connectivity index is 1.93. The molecule has 24 heavy (non-hydrogen) atoms. The van der Waals surface area contributed by atoms with Crippen molar-refractivity contribution < 1.29 is 14.7 Å². The third kappa shape index (κ3) is 4.71. The van der Waals surface area contributed by atoms with Gasteiger partial charge in [-0.2, -0.15) is 0 Å². The minimum atomic E-state index is -0.898. The number of piperazine rings is 1. The Kier molecular flexibility index (Phi) is 6.20. The number of nitrogens with zero attached hydrogens (tertiary/aromatic N) is 3. The van der Waals surface area contributed by atoms with Crippen molar-refractivity contribution in [1.29, 1.82) is 0 Å². The Morgan fingerprint density at radius 1 is 1.12 bits per heavy atom. The first kappa shape index (κ1) is 18.3. The quantitative estimate of drug-likeness (QED) is 0.859. The SMILES string of the molecule is CC(C)N1CCN(c2ccc(C(=O)N(C)CCC(=O)O)cc2)CC1. The van der Waals surface area contributed by atoms with E-state index in [-0.39, 0.29) is 18.9 Å². The Morgan fingerprint density at radius 2 is 1.71 bits per heavy atom. The predicted molar refractivity (Wildman–Crippen MR) is 94.6 cm³/mol. The maximum absolute atomic E-state index is 12.3. The molecular weight excluding hydrogens is 306 g/mol. The van der Waals surface area contributed by atoms with Gasteiger partial charge < -0.3 is 14.9 Å². The second-order valence-corrected chi connectivity index (χ2v) is 6.53. The highest BCUT2D eigenvalue weighted by Crippen LogP contribution is 2.18. The van der Waals surface area contributed by atoms with Crippen LogP contribution in [-0.4, -0.2) is 72.6 Å². The normalized spacial score (nSPS) is 15.6. The minimum absolute atomic E-state index is 0.0412. The number of hydrogen-bond donors (Lipinski definition) is 1. The molecule has 0 radical (unpaired) electrons. The van der Waals surface area contributed by atoms with Crippen LogP contribution in [0.4, 0.5) is 5.69 Å². The summed E-state index contributed by atoms with van der Waals surface area (Å²) in [6.45, 7) is 8.74. The van der Waals surface area contributed by atoms with Gasteiger partial charge in [-0.25, -0.2) is 0 Å². The molecule has 1 aliphatic heterocycles. The second kappa shape index (κ2) is 8.15. The lowest BCUT2D eigenvalue weighted by molar-refractivity contribution is -0.137. The standard InChI is InChI=1S/C18H27N3O3/c1-14(2)20-10-12-21(13-11-20)16-6-4-15(5-7-16)18(24)19(3)9-8-17(22)23/h4-7,14H,8-13H2,1-3H3,(H,22,23). The molecule has 0 atom stereocenters. The number of rotatable bonds is 6. The first-order valence-corrected chi connectivity index (χ1v) is 8.45. The van der Waals surface area contributed by atoms with E-state index in [4.69, 9.17) is 5.11 Å². The molecule has 1 aromatic carbocycles. The third-order valence-corrected chi connectivity index (χ3v) is 4.53. The van der Waals surface area contributed by atoms with Crippen molar-refractivity contribution in [3.63, 3.8) is 0 Å². The van der Waals surface area contributed by atoms with Gasteiger partial charge >= 0.3 is 5.97 Å². The number of aliphatic carboxylic acids is 1. The molecule has 0 bridgehead atoms. The lowest BCUT2D eigenvalue weighted by atomic mass is 10.1. The van der Waals surface area contributed by atoms with Gasteiger partial charge in [0.15, 0.2) is 0 Å². The van der Waals surface area contributed by atoms with Crippen molar-refractivity contribution in [3.8, 4) is 0 Å². The highest BCUT2D eigenvalue weighted by Gasteiger charge is 2.19. The maximum Gasteiger partial charge on any atom is 0.305 e. The first-order valence-electron chi connectivity index (χ1n) is 8.45. The molecule has 0 unspecified atom stereocenters. The van der Waals surface area contributed by atoms with Crippen LogP contribution in [0, 0.1) is 0 Å². The average molecular weight is 333 g/mol. The zero-order valence-electron chi connectivity index (χ0n) is 14.7. The molecule has 1 saturated heterocycles. The summed E-state index contributed by atoms with van der Waals surface area (Å²) in [5.74, 6) is -1.04. The van der Waals surface area contributed by atoms with Crippen molar-refractivity contribution in [2.45, 2.75) is 26.3 Å². The first-order chi connectivity index (χ1) is 11.4. The summed E-state index contributed by atoms with van der Waals surface area (Å²) in [5, 5.41) is 8.70. The number of amides is 1. The van der Waals surface area contributed by atoms with Crippen molar-refractivity contribution in [2.24, 2.45) is 0 Å². The van der Waals surface area contributed by atoms with Crippen LogP contribution in [0.1, 0.15) is 30.6 Å². The molecule has 0 saturated carbocycles. The Hall–Kier alpha value is -2.08. The summed E-state index contributed by atoms with van der Waals surface area (Å²) >= 11 is 0. The fraction of sp³-hybridized carbons (Fsp3) is 0.556. The van der Waals surface area contributed by atoms with Gasteiger partial charge in [0.25, 0.3) is 5.91 Å². The number of carboxylic acid groups (broad SMARTS) is 1. The monoisotopic (exact) mass is 333 g/mol. The highest BCUT2D eigenvalue weighted by atomic mass is 16.4. The van der Waals surface area contributed by atoms with E-state index in [0.717, 1.165) is 31.9 Å². The van der Waals surface area contributed by atoms with Gasteiger partial charge in [-0.1, -0.05) is 0 Å². The number of carboxylic acids is 1. The van der Waals surface area contributed by atoms with E-state index in [1.54, 1.807) is 7.05 Å². The van der Waals surface area contributed by atoms with E-state index in [0.29, 0.717) is 11.6 Å². The van der Waals surface area contributed by atoms with Crippen molar-refractivity contribution in [2.75, 3.05) is 44.7 Å². The number of anilines is 1. The van der Waals surface area contributed by atoms with E-state index >= 15 is 0 Å². The second-order valence-electron chi connectivity index (χ2n) is 6.53. The number of benzene rings is 1. The Bertz CT molecular complexity index is 563. The van der Waals surface area contributed by atoms with E-state index in [1.807, 2.05) is 24.3 Å². The molecule has 132 valence electrons. The highest BCUT2D eigenvalue weighted by molar-refractivity contribution is 5.94. The summed E-state index contributed by atoms with van der Waals surface area (Å²) in [4.78, 5) is 29.1. The summed E-state index contributed by atoms with van der Waals surface area (Å²) in [5.41, 5.74) is 1.72. The van der Waals surface area contributed by atoms with E-state index < -0.39 is 5.97 Å². The van der Waals surface area contributed by atoms with E-state index in [9.17, 15) is 9.59 Å². The van der Waals surface area contributed by atoms with Crippen molar-refractivity contribution in [1.82, 2.24) is 9.80 Å². The molecule has 1 amide bonds. The van der Waals surface area contributed by atoms with Gasteiger partial charge in [-0.3, -0.25) is 14.5 Å². The minimum Gasteiger partial charge on any atom is -0.481 e. The zero-order valence-corrected chi connectivity index (χ0v) is 14.7.